The largest absolute Gasteiger partial charge is 0.452 e. The fourth-order valence-electron chi connectivity index (χ4n) is 1.75. The van der Waals surface area contributed by atoms with Crippen LogP contribution in [0.2, 0.25) is 0 Å². The Hall–Kier alpha value is -0.0400. The number of hydrogen-bond donors (Lipinski definition) is 0. The molecule has 0 spiro atoms. The molecule has 1 aromatic heterocycles. The number of sulfonamides is 1. The molecule has 1 saturated carbocycles. The maximum absolute atomic E-state index is 12.4. The van der Waals surface area contributed by atoms with Gasteiger partial charge in [0.2, 0.25) is 10.0 Å². The van der Waals surface area contributed by atoms with E-state index in [9.17, 15) is 8.42 Å². The summed E-state index contributed by atoms with van der Waals surface area (Å²) in [6.07, 6.45) is 1.87. The molecule has 0 bridgehead atoms. The van der Waals surface area contributed by atoms with E-state index in [1.54, 1.807) is 0 Å². The van der Waals surface area contributed by atoms with Crippen LogP contribution >= 0.6 is 27.5 Å². The minimum absolute atomic E-state index is 0.145. The van der Waals surface area contributed by atoms with Crippen molar-refractivity contribution in [2.75, 3.05) is 6.54 Å². The molecule has 1 heterocycles. The van der Waals surface area contributed by atoms with Gasteiger partial charge in [-0.3, -0.25) is 0 Å². The fraction of sp³-hybridized carbons (Fsp3) is 0.600. The molecular formula is C10H13BrClNO3S. The van der Waals surface area contributed by atoms with Crippen LogP contribution in [0, 0.1) is 0 Å². The van der Waals surface area contributed by atoms with Gasteiger partial charge in [0.25, 0.3) is 0 Å². The van der Waals surface area contributed by atoms with Crippen molar-refractivity contribution in [2.24, 2.45) is 0 Å². The van der Waals surface area contributed by atoms with E-state index in [4.69, 9.17) is 16.0 Å². The van der Waals surface area contributed by atoms with Gasteiger partial charge in [0.1, 0.15) is 10.7 Å². The number of alkyl halides is 1. The molecule has 0 aromatic carbocycles. The lowest BCUT2D eigenvalue weighted by atomic mass is 10.5. The van der Waals surface area contributed by atoms with Crippen molar-refractivity contribution in [3.8, 4) is 0 Å². The van der Waals surface area contributed by atoms with Crippen LogP contribution in [0.1, 0.15) is 25.5 Å². The summed E-state index contributed by atoms with van der Waals surface area (Å²) >= 11 is 8.76. The molecule has 0 aliphatic heterocycles. The van der Waals surface area contributed by atoms with Crippen molar-refractivity contribution >= 4 is 37.6 Å². The van der Waals surface area contributed by atoms with Gasteiger partial charge in [0.15, 0.2) is 4.67 Å². The van der Waals surface area contributed by atoms with Crippen molar-refractivity contribution in [2.45, 2.75) is 36.6 Å². The molecule has 7 heteroatoms. The third-order valence-corrected chi connectivity index (χ3v) is 5.84. The molecule has 1 aromatic rings. The van der Waals surface area contributed by atoms with Gasteiger partial charge in [-0.25, -0.2) is 8.42 Å². The monoisotopic (exact) mass is 341 g/mol. The fourth-order valence-corrected chi connectivity index (χ4v) is 4.54. The molecule has 96 valence electrons. The van der Waals surface area contributed by atoms with Crippen molar-refractivity contribution in [1.82, 2.24) is 4.31 Å². The third kappa shape index (κ3) is 2.54. The number of halogens is 2. The van der Waals surface area contributed by atoms with Gasteiger partial charge in [0, 0.05) is 18.7 Å². The first-order valence-corrected chi connectivity index (χ1v) is 8.13. The molecule has 0 atom stereocenters. The first-order chi connectivity index (χ1) is 8.00. The standard InChI is InChI=1S/C10H13BrClNO3S/c1-2-13(7-3-4-7)17(14,15)9-5-8(6-12)16-10(9)11/h5,7H,2-4,6H2,1H3. The molecule has 0 saturated heterocycles. The molecular weight excluding hydrogens is 330 g/mol. The third-order valence-electron chi connectivity index (χ3n) is 2.69. The van der Waals surface area contributed by atoms with Crippen LogP contribution in [-0.2, 0) is 15.9 Å². The summed E-state index contributed by atoms with van der Waals surface area (Å²) in [5.74, 6) is 0.605. The van der Waals surface area contributed by atoms with E-state index >= 15 is 0 Å². The summed E-state index contributed by atoms with van der Waals surface area (Å²) in [6, 6.07) is 1.63. The Morgan fingerprint density at radius 3 is 2.65 bits per heavy atom. The highest BCUT2D eigenvalue weighted by atomic mass is 79.9. The normalized spacial score (nSPS) is 16.7. The number of rotatable bonds is 5. The molecule has 1 fully saturated rings. The Labute approximate surface area is 114 Å². The zero-order valence-corrected chi connectivity index (χ0v) is 12.5. The van der Waals surface area contributed by atoms with Crippen LogP contribution in [0.15, 0.2) is 20.0 Å². The molecule has 0 amide bonds. The van der Waals surface area contributed by atoms with Crippen molar-refractivity contribution in [3.63, 3.8) is 0 Å². The Morgan fingerprint density at radius 2 is 2.24 bits per heavy atom. The SMILES string of the molecule is CCN(C1CC1)S(=O)(=O)c1cc(CCl)oc1Br. The number of hydrogen-bond acceptors (Lipinski definition) is 3. The van der Waals surface area contributed by atoms with Gasteiger partial charge in [0.05, 0.1) is 5.88 Å². The van der Waals surface area contributed by atoms with E-state index in [2.05, 4.69) is 15.9 Å². The van der Waals surface area contributed by atoms with Gasteiger partial charge in [-0.15, -0.1) is 11.6 Å². The summed E-state index contributed by atoms with van der Waals surface area (Å²) in [4.78, 5) is 0.168. The van der Waals surface area contributed by atoms with Gasteiger partial charge < -0.3 is 4.42 Å². The van der Waals surface area contributed by atoms with Gasteiger partial charge >= 0.3 is 0 Å². The maximum Gasteiger partial charge on any atom is 0.247 e. The molecule has 4 nitrogen and oxygen atoms in total. The Balaban J connectivity index is 2.39. The van der Waals surface area contributed by atoms with Gasteiger partial charge in [-0.05, 0) is 28.8 Å². The van der Waals surface area contributed by atoms with Gasteiger partial charge in [-0.1, -0.05) is 6.92 Å². The van der Waals surface area contributed by atoms with E-state index < -0.39 is 10.0 Å². The highest BCUT2D eigenvalue weighted by molar-refractivity contribution is 9.10. The second kappa shape index (κ2) is 4.91. The summed E-state index contributed by atoms with van der Waals surface area (Å²) in [5, 5.41) is 0. The molecule has 1 aliphatic rings. The van der Waals surface area contributed by atoms with Crippen LogP contribution in [0.5, 0.6) is 0 Å². The molecule has 17 heavy (non-hydrogen) atoms. The van der Waals surface area contributed by atoms with E-state index in [0.29, 0.717) is 12.3 Å². The topological polar surface area (TPSA) is 50.5 Å². The molecule has 2 rings (SSSR count). The molecule has 0 unspecified atom stereocenters. The highest BCUT2D eigenvalue weighted by Gasteiger charge is 2.38. The van der Waals surface area contributed by atoms with Crippen molar-refractivity contribution in [3.05, 3.63) is 16.5 Å². The van der Waals surface area contributed by atoms with Crippen LogP contribution < -0.4 is 0 Å². The summed E-state index contributed by atoms with van der Waals surface area (Å²) in [6.45, 7) is 2.31. The van der Waals surface area contributed by atoms with E-state index in [-0.39, 0.29) is 21.5 Å². The lowest BCUT2D eigenvalue weighted by Crippen LogP contribution is -2.32. The summed E-state index contributed by atoms with van der Waals surface area (Å²) in [5.41, 5.74) is 0. The van der Waals surface area contributed by atoms with Crippen molar-refractivity contribution in [1.29, 1.82) is 0 Å². The molecule has 0 radical (unpaired) electrons. The van der Waals surface area contributed by atoms with Crippen LogP contribution in [0.3, 0.4) is 0 Å². The molecule has 1 aliphatic carbocycles. The van der Waals surface area contributed by atoms with Crippen LogP contribution in [0.25, 0.3) is 0 Å². The number of furan rings is 1. The first kappa shape index (κ1) is 13.4. The average molecular weight is 343 g/mol. The quantitative estimate of drug-likeness (QED) is 0.773. The average Bonchev–Trinajstić information content (AvgIpc) is 3.01. The van der Waals surface area contributed by atoms with Crippen LogP contribution in [0.4, 0.5) is 0 Å². The van der Waals surface area contributed by atoms with Crippen molar-refractivity contribution < 1.29 is 12.8 Å². The Morgan fingerprint density at radius 1 is 1.59 bits per heavy atom. The van der Waals surface area contributed by atoms with Crippen LogP contribution in [-0.4, -0.2) is 25.3 Å². The lowest BCUT2D eigenvalue weighted by molar-refractivity contribution is 0.418. The Bertz CT molecular complexity index is 510. The second-order valence-electron chi connectivity index (χ2n) is 3.92. The number of nitrogens with zero attached hydrogens (tertiary/aromatic N) is 1. The highest BCUT2D eigenvalue weighted by Crippen LogP contribution is 2.35. The van der Waals surface area contributed by atoms with E-state index in [0.717, 1.165) is 12.8 Å². The molecule has 0 N–H and O–H groups in total. The zero-order chi connectivity index (χ0) is 12.6. The predicted molar refractivity (Wildman–Crippen MR) is 68.6 cm³/mol. The Kier molecular flexibility index (Phi) is 3.87. The lowest BCUT2D eigenvalue weighted by Gasteiger charge is -2.18. The minimum atomic E-state index is -3.47. The maximum atomic E-state index is 12.4. The minimum Gasteiger partial charge on any atom is -0.452 e. The summed E-state index contributed by atoms with van der Waals surface area (Å²) < 4.78 is 31.7. The first-order valence-electron chi connectivity index (χ1n) is 5.36. The van der Waals surface area contributed by atoms with E-state index in [1.165, 1.54) is 10.4 Å². The summed E-state index contributed by atoms with van der Waals surface area (Å²) in [7, 11) is -3.47. The predicted octanol–water partition coefficient (Wildman–Crippen LogP) is 2.95. The van der Waals surface area contributed by atoms with Gasteiger partial charge in [-0.2, -0.15) is 4.31 Å². The zero-order valence-electron chi connectivity index (χ0n) is 9.32. The smallest absolute Gasteiger partial charge is 0.247 e. The van der Waals surface area contributed by atoms with E-state index in [1.807, 2.05) is 6.92 Å². The second-order valence-corrected chi connectivity index (χ2v) is 6.77.